The number of benzene rings is 2. The maximum Gasteiger partial charge on any atom is 0.0535 e. The summed E-state index contributed by atoms with van der Waals surface area (Å²) in [5, 5.41) is 3.78. The average molecular weight is 280 g/mol. The Labute approximate surface area is 127 Å². The fourth-order valence-electron chi connectivity index (χ4n) is 3.36. The molecule has 2 heteroatoms. The molecule has 0 amide bonds. The Balaban J connectivity index is 1.84. The Morgan fingerprint density at radius 3 is 2.29 bits per heavy atom. The first kappa shape index (κ1) is 14.3. The van der Waals surface area contributed by atoms with Crippen LogP contribution in [0, 0.1) is 0 Å². The highest BCUT2D eigenvalue weighted by atomic mass is 15.2. The topological polar surface area (TPSA) is 15.3 Å². The van der Waals surface area contributed by atoms with Gasteiger partial charge in [-0.3, -0.25) is 4.90 Å². The van der Waals surface area contributed by atoms with Gasteiger partial charge in [0.2, 0.25) is 0 Å². The van der Waals surface area contributed by atoms with E-state index in [0.29, 0.717) is 6.04 Å². The molecule has 1 heterocycles. The van der Waals surface area contributed by atoms with Crippen molar-refractivity contribution < 1.29 is 0 Å². The van der Waals surface area contributed by atoms with E-state index < -0.39 is 0 Å². The van der Waals surface area contributed by atoms with Crippen LogP contribution in [0.1, 0.15) is 31.0 Å². The zero-order valence-corrected chi connectivity index (χ0v) is 12.9. The molecule has 1 saturated heterocycles. The molecule has 0 spiro atoms. The van der Waals surface area contributed by atoms with Crippen LogP contribution in [0.2, 0.25) is 0 Å². The van der Waals surface area contributed by atoms with Crippen molar-refractivity contribution in [3.05, 3.63) is 71.8 Å². The quantitative estimate of drug-likeness (QED) is 0.924. The van der Waals surface area contributed by atoms with Gasteiger partial charge in [0.15, 0.2) is 0 Å². The molecule has 2 atom stereocenters. The lowest BCUT2D eigenvalue weighted by Gasteiger charge is -2.46. The van der Waals surface area contributed by atoms with Gasteiger partial charge in [0.05, 0.1) is 5.54 Å². The van der Waals surface area contributed by atoms with Crippen molar-refractivity contribution in [2.45, 2.75) is 25.4 Å². The van der Waals surface area contributed by atoms with Crippen LogP contribution in [0.3, 0.4) is 0 Å². The molecule has 21 heavy (non-hydrogen) atoms. The van der Waals surface area contributed by atoms with Gasteiger partial charge in [0.1, 0.15) is 0 Å². The molecule has 2 nitrogen and oxygen atoms in total. The largest absolute Gasteiger partial charge is 0.305 e. The van der Waals surface area contributed by atoms with Crippen molar-refractivity contribution >= 4 is 0 Å². The Morgan fingerprint density at radius 1 is 1.05 bits per heavy atom. The number of piperazine rings is 1. The summed E-state index contributed by atoms with van der Waals surface area (Å²) in [5.74, 6) is 0. The van der Waals surface area contributed by atoms with Crippen LogP contribution < -0.4 is 5.32 Å². The number of nitrogens with zero attached hydrogens (tertiary/aromatic N) is 1. The summed E-state index contributed by atoms with van der Waals surface area (Å²) in [5.41, 5.74) is 2.81. The minimum atomic E-state index is 0.0303. The first-order chi connectivity index (χ1) is 10.2. The molecule has 1 aliphatic rings. The minimum Gasteiger partial charge on any atom is -0.305 e. The summed E-state index contributed by atoms with van der Waals surface area (Å²) in [4.78, 5) is 2.58. The predicted octanol–water partition coefficient (Wildman–Crippen LogP) is 3.57. The van der Waals surface area contributed by atoms with Gasteiger partial charge in [0.25, 0.3) is 0 Å². The molecule has 0 saturated carbocycles. The molecular weight excluding hydrogens is 256 g/mol. The molecular formula is C19H24N2. The summed E-state index contributed by atoms with van der Waals surface area (Å²) in [6.07, 6.45) is 0. The maximum absolute atomic E-state index is 3.78. The Kier molecular flexibility index (Phi) is 4.09. The molecule has 1 fully saturated rings. The Bertz CT molecular complexity index is 567. The van der Waals surface area contributed by atoms with Crippen molar-refractivity contribution in [3.8, 4) is 0 Å². The maximum atomic E-state index is 3.78. The van der Waals surface area contributed by atoms with Crippen LogP contribution in [0.4, 0.5) is 0 Å². The SMILES string of the molecule is CCN1CC(C)(c2ccccc2)NCC1c1ccccc1. The monoisotopic (exact) mass is 280 g/mol. The van der Waals surface area contributed by atoms with Gasteiger partial charge in [-0.1, -0.05) is 67.6 Å². The third-order valence-corrected chi connectivity index (χ3v) is 4.65. The molecule has 0 radical (unpaired) electrons. The van der Waals surface area contributed by atoms with Gasteiger partial charge in [-0.15, -0.1) is 0 Å². The van der Waals surface area contributed by atoms with E-state index in [1.54, 1.807) is 0 Å². The zero-order valence-electron chi connectivity index (χ0n) is 12.9. The van der Waals surface area contributed by atoms with Gasteiger partial charge in [-0.25, -0.2) is 0 Å². The smallest absolute Gasteiger partial charge is 0.0535 e. The Morgan fingerprint density at radius 2 is 1.67 bits per heavy atom. The first-order valence-electron chi connectivity index (χ1n) is 7.82. The van der Waals surface area contributed by atoms with Gasteiger partial charge < -0.3 is 5.32 Å². The highest BCUT2D eigenvalue weighted by molar-refractivity contribution is 5.27. The van der Waals surface area contributed by atoms with Gasteiger partial charge in [-0.05, 0) is 24.6 Å². The molecule has 0 aromatic heterocycles. The number of rotatable bonds is 3. The average Bonchev–Trinajstić information content (AvgIpc) is 2.56. The second kappa shape index (κ2) is 6.00. The standard InChI is InChI=1S/C19H24N2/c1-3-21-15-19(2,17-12-8-5-9-13-17)20-14-18(21)16-10-6-4-7-11-16/h4-13,18,20H,3,14-15H2,1-2H3. The molecule has 2 unspecified atom stereocenters. The van der Waals surface area contributed by atoms with Crippen LogP contribution in [-0.4, -0.2) is 24.5 Å². The fourth-order valence-corrected chi connectivity index (χ4v) is 3.36. The number of hydrogen-bond donors (Lipinski definition) is 1. The molecule has 1 aliphatic heterocycles. The van der Waals surface area contributed by atoms with E-state index >= 15 is 0 Å². The van der Waals surface area contributed by atoms with Crippen LogP contribution >= 0.6 is 0 Å². The normalized spacial score (nSPS) is 26.7. The van der Waals surface area contributed by atoms with E-state index in [-0.39, 0.29) is 5.54 Å². The summed E-state index contributed by atoms with van der Waals surface area (Å²) < 4.78 is 0. The lowest BCUT2D eigenvalue weighted by molar-refractivity contribution is 0.0907. The van der Waals surface area contributed by atoms with Gasteiger partial charge in [-0.2, -0.15) is 0 Å². The van der Waals surface area contributed by atoms with Crippen LogP contribution in [0.5, 0.6) is 0 Å². The molecule has 3 rings (SSSR count). The van der Waals surface area contributed by atoms with Crippen molar-refractivity contribution in [2.24, 2.45) is 0 Å². The number of nitrogens with one attached hydrogen (secondary N) is 1. The van der Waals surface area contributed by atoms with E-state index in [1.807, 2.05) is 0 Å². The van der Waals surface area contributed by atoms with Crippen LogP contribution in [-0.2, 0) is 5.54 Å². The van der Waals surface area contributed by atoms with E-state index in [9.17, 15) is 0 Å². The Hall–Kier alpha value is -1.64. The molecule has 2 aromatic carbocycles. The second-order valence-corrected chi connectivity index (χ2v) is 6.07. The van der Waals surface area contributed by atoms with Gasteiger partial charge in [0, 0.05) is 19.1 Å². The lowest BCUT2D eigenvalue weighted by atomic mass is 9.87. The number of likely N-dealkylation sites (N-methyl/N-ethyl adjacent to an activating group) is 1. The van der Waals surface area contributed by atoms with E-state index in [2.05, 4.69) is 84.7 Å². The van der Waals surface area contributed by atoms with Crippen molar-refractivity contribution in [1.29, 1.82) is 0 Å². The summed E-state index contributed by atoms with van der Waals surface area (Å²) >= 11 is 0. The lowest BCUT2D eigenvalue weighted by Crippen LogP contribution is -2.57. The van der Waals surface area contributed by atoms with E-state index in [1.165, 1.54) is 11.1 Å². The molecule has 0 aliphatic carbocycles. The molecule has 1 N–H and O–H groups in total. The second-order valence-electron chi connectivity index (χ2n) is 6.07. The highest BCUT2D eigenvalue weighted by Gasteiger charge is 2.36. The molecule has 110 valence electrons. The van der Waals surface area contributed by atoms with Crippen LogP contribution in [0.15, 0.2) is 60.7 Å². The minimum absolute atomic E-state index is 0.0303. The van der Waals surface area contributed by atoms with Crippen molar-refractivity contribution in [2.75, 3.05) is 19.6 Å². The summed E-state index contributed by atoms with van der Waals surface area (Å²) in [6, 6.07) is 22.1. The number of hydrogen-bond acceptors (Lipinski definition) is 2. The zero-order chi connectivity index (χ0) is 14.7. The summed E-state index contributed by atoms with van der Waals surface area (Å²) in [7, 11) is 0. The van der Waals surface area contributed by atoms with Gasteiger partial charge >= 0.3 is 0 Å². The van der Waals surface area contributed by atoms with Crippen molar-refractivity contribution in [1.82, 2.24) is 10.2 Å². The van der Waals surface area contributed by atoms with Crippen molar-refractivity contribution in [3.63, 3.8) is 0 Å². The third-order valence-electron chi connectivity index (χ3n) is 4.65. The van der Waals surface area contributed by atoms with E-state index in [4.69, 9.17) is 0 Å². The molecule has 0 bridgehead atoms. The molecule has 2 aromatic rings. The van der Waals surface area contributed by atoms with Crippen LogP contribution in [0.25, 0.3) is 0 Å². The predicted molar refractivity (Wildman–Crippen MR) is 88.2 cm³/mol. The summed E-state index contributed by atoms with van der Waals surface area (Å²) in [6.45, 7) is 7.67. The fraction of sp³-hybridized carbons (Fsp3) is 0.368. The van der Waals surface area contributed by atoms with E-state index in [0.717, 1.165) is 19.6 Å². The highest BCUT2D eigenvalue weighted by Crippen LogP contribution is 2.32. The first-order valence-corrected chi connectivity index (χ1v) is 7.82. The third kappa shape index (κ3) is 2.87.